The number of hydrogen-bond donors (Lipinski definition) is 0. The molecule has 1 amide bonds. The van der Waals surface area contributed by atoms with Gasteiger partial charge in [-0.15, -0.1) is 0 Å². The van der Waals surface area contributed by atoms with Crippen molar-refractivity contribution < 1.29 is 9.53 Å². The van der Waals surface area contributed by atoms with Gasteiger partial charge in [-0.05, 0) is 43.0 Å². The lowest BCUT2D eigenvalue weighted by molar-refractivity contribution is -0.116. The molecule has 3 aromatic rings. The molecule has 0 radical (unpaired) electrons. The minimum absolute atomic E-state index is 0.0196. The van der Waals surface area contributed by atoms with Crippen molar-refractivity contribution >= 4 is 34.3 Å². The standard InChI is InChI=1S/C23H23N3O3S/c27-21(25-12-11-16-6-1-4-10-20(16)25)15-30-23-24-19-9-3-2-8-18(19)22(28)26(23)14-17-7-5-13-29-17/h1-4,6,8-10,17H,5,7,11-15H2. The van der Waals surface area contributed by atoms with E-state index < -0.39 is 0 Å². The summed E-state index contributed by atoms with van der Waals surface area (Å²) in [6, 6.07) is 15.4. The van der Waals surface area contributed by atoms with Crippen molar-refractivity contribution in [3.05, 3.63) is 64.4 Å². The van der Waals surface area contributed by atoms with Crippen molar-refractivity contribution in [1.82, 2.24) is 9.55 Å². The summed E-state index contributed by atoms with van der Waals surface area (Å²) >= 11 is 1.33. The Bertz CT molecular complexity index is 1150. The molecule has 154 valence electrons. The number of benzene rings is 2. The van der Waals surface area contributed by atoms with Crippen LogP contribution in [0.4, 0.5) is 5.69 Å². The van der Waals surface area contributed by atoms with E-state index in [1.165, 1.54) is 17.3 Å². The Hall–Kier alpha value is -2.64. The third-order valence-electron chi connectivity index (χ3n) is 5.75. The number of ether oxygens (including phenoxy) is 1. The molecule has 0 N–H and O–H groups in total. The minimum Gasteiger partial charge on any atom is -0.376 e. The molecule has 30 heavy (non-hydrogen) atoms. The molecule has 6 nitrogen and oxygen atoms in total. The maximum absolute atomic E-state index is 13.2. The average Bonchev–Trinajstić information content (AvgIpc) is 3.44. The second-order valence-electron chi connectivity index (χ2n) is 7.68. The number of fused-ring (bicyclic) bond motifs is 2. The van der Waals surface area contributed by atoms with Crippen LogP contribution in [0, 0.1) is 0 Å². The highest BCUT2D eigenvalue weighted by Gasteiger charge is 2.25. The van der Waals surface area contributed by atoms with Gasteiger partial charge < -0.3 is 9.64 Å². The first-order valence-corrected chi connectivity index (χ1v) is 11.3. The molecule has 0 spiro atoms. The van der Waals surface area contributed by atoms with E-state index in [2.05, 4.69) is 6.07 Å². The van der Waals surface area contributed by atoms with Gasteiger partial charge in [-0.3, -0.25) is 14.2 Å². The third kappa shape index (κ3) is 3.63. The summed E-state index contributed by atoms with van der Waals surface area (Å²) in [5.74, 6) is 0.279. The van der Waals surface area contributed by atoms with Crippen molar-refractivity contribution in [2.75, 3.05) is 23.8 Å². The van der Waals surface area contributed by atoms with Gasteiger partial charge in [0.1, 0.15) is 0 Å². The second-order valence-corrected chi connectivity index (χ2v) is 8.62. The molecule has 0 bridgehead atoms. The first kappa shape index (κ1) is 19.3. The minimum atomic E-state index is -0.0717. The number of aromatic nitrogens is 2. The topological polar surface area (TPSA) is 64.4 Å². The molecule has 5 rings (SSSR count). The number of nitrogens with zero attached hydrogens (tertiary/aromatic N) is 3. The van der Waals surface area contributed by atoms with Crippen molar-refractivity contribution in [2.45, 2.75) is 37.1 Å². The first-order chi connectivity index (χ1) is 14.7. The van der Waals surface area contributed by atoms with Crippen LogP contribution in [0.1, 0.15) is 18.4 Å². The van der Waals surface area contributed by atoms with E-state index in [1.807, 2.05) is 41.3 Å². The highest BCUT2D eigenvalue weighted by Crippen LogP contribution is 2.29. The van der Waals surface area contributed by atoms with E-state index in [0.717, 1.165) is 31.6 Å². The molecule has 7 heteroatoms. The van der Waals surface area contributed by atoms with Crippen LogP contribution < -0.4 is 10.5 Å². The van der Waals surface area contributed by atoms with Crippen molar-refractivity contribution in [3.8, 4) is 0 Å². The number of hydrogen-bond acceptors (Lipinski definition) is 5. The Morgan fingerprint density at radius 3 is 2.87 bits per heavy atom. The summed E-state index contributed by atoms with van der Waals surface area (Å²) in [7, 11) is 0. The second kappa shape index (κ2) is 8.24. The summed E-state index contributed by atoms with van der Waals surface area (Å²) in [5.41, 5.74) is 2.78. The fourth-order valence-electron chi connectivity index (χ4n) is 4.21. The lowest BCUT2D eigenvalue weighted by atomic mass is 10.2. The number of thioether (sulfide) groups is 1. The number of amides is 1. The molecule has 1 fully saturated rings. The molecule has 0 aliphatic carbocycles. The van der Waals surface area contributed by atoms with Crippen molar-refractivity contribution in [1.29, 1.82) is 0 Å². The summed E-state index contributed by atoms with van der Waals surface area (Å²) < 4.78 is 7.44. The Morgan fingerprint density at radius 1 is 1.17 bits per heavy atom. The molecule has 1 saturated heterocycles. The van der Waals surface area contributed by atoms with Gasteiger partial charge in [0.05, 0.1) is 29.3 Å². The molecule has 2 aliphatic heterocycles. The van der Waals surface area contributed by atoms with Gasteiger partial charge in [0.25, 0.3) is 5.56 Å². The van der Waals surface area contributed by atoms with Crippen LogP contribution in [0.3, 0.4) is 0 Å². The Kier molecular flexibility index (Phi) is 5.31. The van der Waals surface area contributed by atoms with Gasteiger partial charge in [0.2, 0.25) is 5.91 Å². The maximum atomic E-state index is 13.2. The normalized spacial score (nSPS) is 18.1. The number of carbonyl (C=O) groups is 1. The quantitative estimate of drug-likeness (QED) is 0.467. The Labute approximate surface area is 178 Å². The largest absolute Gasteiger partial charge is 0.376 e. The summed E-state index contributed by atoms with van der Waals surface area (Å²) in [5, 5.41) is 1.18. The fraction of sp³-hybridized carbons (Fsp3) is 0.348. The molecule has 1 unspecified atom stereocenters. The van der Waals surface area contributed by atoms with Gasteiger partial charge in [-0.25, -0.2) is 4.98 Å². The third-order valence-corrected chi connectivity index (χ3v) is 6.71. The molecular formula is C23H23N3O3S. The molecule has 1 aromatic heterocycles. The lowest BCUT2D eigenvalue weighted by Crippen LogP contribution is -2.32. The van der Waals surface area contributed by atoms with E-state index in [9.17, 15) is 9.59 Å². The number of carbonyl (C=O) groups excluding carboxylic acids is 1. The monoisotopic (exact) mass is 421 g/mol. The van der Waals surface area contributed by atoms with Crippen LogP contribution in [-0.4, -0.2) is 40.5 Å². The smallest absolute Gasteiger partial charge is 0.262 e. The van der Waals surface area contributed by atoms with E-state index in [0.29, 0.717) is 29.1 Å². The Morgan fingerprint density at radius 2 is 2.00 bits per heavy atom. The van der Waals surface area contributed by atoms with E-state index >= 15 is 0 Å². The molecule has 2 aliphatic rings. The highest BCUT2D eigenvalue weighted by atomic mass is 32.2. The molecule has 0 saturated carbocycles. The summed E-state index contributed by atoms with van der Waals surface area (Å²) in [4.78, 5) is 32.7. The van der Waals surface area contributed by atoms with Crippen LogP contribution in [-0.2, 0) is 22.5 Å². The van der Waals surface area contributed by atoms with E-state index in [4.69, 9.17) is 9.72 Å². The van der Waals surface area contributed by atoms with Gasteiger partial charge in [0, 0.05) is 18.8 Å². The maximum Gasteiger partial charge on any atom is 0.262 e. The van der Waals surface area contributed by atoms with Gasteiger partial charge in [0.15, 0.2) is 5.16 Å². The van der Waals surface area contributed by atoms with Crippen LogP contribution in [0.5, 0.6) is 0 Å². The number of anilines is 1. The van der Waals surface area contributed by atoms with Crippen LogP contribution in [0.25, 0.3) is 10.9 Å². The highest BCUT2D eigenvalue weighted by molar-refractivity contribution is 7.99. The SMILES string of the molecule is O=C(CSc1nc2ccccc2c(=O)n1CC1CCCO1)N1CCc2ccccc21. The van der Waals surface area contributed by atoms with Crippen LogP contribution in [0.2, 0.25) is 0 Å². The van der Waals surface area contributed by atoms with Gasteiger partial charge in [-0.1, -0.05) is 42.1 Å². The van der Waals surface area contributed by atoms with Gasteiger partial charge >= 0.3 is 0 Å². The van der Waals surface area contributed by atoms with Crippen LogP contribution in [0.15, 0.2) is 58.5 Å². The zero-order valence-corrected chi connectivity index (χ0v) is 17.4. The fourth-order valence-corrected chi connectivity index (χ4v) is 5.10. The predicted octanol–water partition coefficient (Wildman–Crippen LogP) is 3.26. The number of para-hydroxylation sites is 2. The van der Waals surface area contributed by atoms with Gasteiger partial charge in [-0.2, -0.15) is 0 Å². The zero-order valence-electron chi connectivity index (χ0n) is 16.6. The Balaban J connectivity index is 1.42. The molecule has 1 atom stereocenters. The van der Waals surface area contributed by atoms with Crippen molar-refractivity contribution in [3.63, 3.8) is 0 Å². The summed E-state index contributed by atoms with van der Waals surface area (Å²) in [6.45, 7) is 1.90. The number of rotatable bonds is 5. The molecule has 2 aromatic carbocycles. The van der Waals surface area contributed by atoms with E-state index in [-0.39, 0.29) is 23.3 Å². The molecule has 3 heterocycles. The first-order valence-electron chi connectivity index (χ1n) is 10.3. The van der Waals surface area contributed by atoms with E-state index in [1.54, 1.807) is 10.6 Å². The molecular weight excluding hydrogens is 398 g/mol. The predicted molar refractivity (Wildman–Crippen MR) is 118 cm³/mol. The zero-order chi connectivity index (χ0) is 20.5. The average molecular weight is 422 g/mol. The lowest BCUT2D eigenvalue weighted by Gasteiger charge is -2.19. The van der Waals surface area contributed by atoms with Crippen LogP contribution >= 0.6 is 11.8 Å². The summed E-state index contributed by atoms with van der Waals surface area (Å²) in [6.07, 6.45) is 2.85. The van der Waals surface area contributed by atoms with Crippen molar-refractivity contribution in [2.24, 2.45) is 0 Å².